The molecule has 0 radical (unpaired) electrons. The fourth-order valence-corrected chi connectivity index (χ4v) is 5.24. The second-order valence-corrected chi connectivity index (χ2v) is 9.78. The number of Topliss-reactive ketones (excluding diaryl/α,β-unsaturated/α-hetero) is 1. The molecule has 0 saturated carbocycles. The Kier molecular flexibility index (Phi) is 8.22. The summed E-state index contributed by atoms with van der Waals surface area (Å²) in [7, 11) is 0. The van der Waals surface area contributed by atoms with Gasteiger partial charge in [-0.2, -0.15) is 0 Å². The molecule has 168 valence electrons. The molecule has 1 amide bonds. The summed E-state index contributed by atoms with van der Waals surface area (Å²) in [5.74, 6) is -0.281. The largest absolute Gasteiger partial charge is 0.480 e. The Morgan fingerprint density at radius 2 is 1.72 bits per heavy atom. The Balaban J connectivity index is 1.71. The van der Waals surface area contributed by atoms with Gasteiger partial charge in [0.25, 0.3) is 0 Å². The van der Waals surface area contributed by atoms with E-state index in [4.69, 9.17) is 16.3 Å². The molecule has 7 nitrogen and oxygen atoms in total. The molecule has 0 bridgehead atoms. The third kappa shape index (κ3) is 6.27. The molecule has 1 heterocycles. The number of thioether (sulfide) groups is 2. The number of amides is 1. The number of carboxylic acid groups (broad SMARTS) is 1. The minimum absolute atomic E-state index is 0.248. The maximum atomic E-state index is 13.0. The molecule has 2 atom stereocenters. The third-order valence-corrected chi connectivity index (χ3v) is 6.90. The summed E-state index contributed by atoms with van der Waals surface area (Å²) >= 11 is 7.97. The van der Waals surface area contributed by atoms with Crippen LogP contribution in [0.25, 0.3) is 0 Å². The van der Waals surface area contributed by atoms with Crippen molar-refractivity contribution in [1.82, 2.24) is 4.90 Å². The molecule has 2 aromatic rings. The van der Waals surface area contributed by atoms with E-state index in [0.717, 1.165) is 11.8 Å². The van der Waals surface area contributed by atoms with Gasteiger partial charge in [-0.15, -0.1) is 11.8 Å². The van der Waals surface area contributed by atoms with Gasteiger partial charge >= 0.3 is 5.97 Å². The van der Waals surface area contributed by atoms with Gasteiger partial charge < -0.3 is 14.7 Å². The molecule has 32 heavy (non-hydrogen) atoms. The van der Waals surface area contributed by atoms with Crippen LogP contribution >= 0.6 is 35.1 Å². The molecule has 1 unspecified atom stereocenters. The van der Waals surface area contributed by atoms with E-state index in [1.54, 1.807) is 48.5 Å². The Morgan fingerprint density at radius 1 is 1.12 bits per heavy atom. The lowest BCUT2D eigenvalue weighted by atomic mass is 10.1. The van der Waals surface area contributed by atoms with Gasteiger partial charge in [0, 0.05) is 29.7 Å². The number of halogens is 1. The van der Waals surface area contributed by atoms with Crippen molar-refractivity contribution < 1.29 is 29.0 Å². The zero-order valence-corrected chi connectivity index (χ0v) is 19.4. The number of ether oxygens (including phenoxy) is 1. The predicted octanol–water partition coefficient (Wildman–Crippen LogP) is 4.34. The Labute approximate surface area is 198 Å². The highest BCUT2D eigenvalue weighted by Crippen LogP contribution is 2.28. The average Bonchev–Trinajstić information content (AvgIpc) is 3.25. The number of nitrogens with zero attached hydrogens (tertiary/aromatic N) is 1. The summed E-state index contributed by atoms with van der Waals surface area (Å²) in [6, 6.07) is 12.3. The fraction of sp³-hybridized carbons (Fsp3) is 0.273. The van der Waals surface area contributed by atoms with Crippen LogP contribution < -0.4 is 4.74 Å². The second kappa shape index (κ2) is 10.9. The first-order valence-electron chi connectivity index (χ1n) is 9.59. The number of ketones is 1. The second-order valence-electron chi connectivity index (χ2n) is 6.96. The van der Waals surface area contributed by atoms with E-state index in [0.29, 0.717) is 27.8 Å². The van der Waals surface area contributed by atoms with Crippen LogP contribution in [0.2, 0.25) is 5.02 Å². The van der Waals surface area contributed by atoms with Crippen LogP contribution in [0.4, 0.5) is 0 Å². The van der Waals surface area contributed by atoms with Gasteiger partial charge in [0.05, 0.1) is 11.1 Å². The van der Waals surface area contributed by atoms with Crippen molar-refractivity contribution in [2.75, 3.05) is 11.6 Å². The van der Waals surface area contributed by atoms with E-state index >= 15 is 0 Å². The van der Waals surface area contributed by atoms with E-state index in [2.05, 4.69) is 0 Å². The van der Waals surface area contributed by atoms with Crippen LogP contribution in [0.3, 0.4) is 0 Å². The first-order chi connectivity index (χ1) is 15.2. The summed E-state index contributed by atoms with van der Waals surface area (Å²) in [5, 5.41) is 8.64. The first kappa shape index (κ1) is 24.2. The Bertz CT molecular complexity index is 1010. The molecule has 2 aromatic carbocycles. The lowest BCUT2D eigenvalue weighted by Gasteiger charge is -2.22. The maximum Gasteiger partial charge on any atom is 0.327 e. The molecule has 1 aliphatic rings. The maximum absolute atomic E-state index is 13.0. The van der Waals surface area contributed by atoms with Crippen molar-refractivity contribution in [3.63, 3.8) is 0 Å². The van der Waals surface area contributed by atoms with Crippen molar-refractivity contribution in [2.24, 2.45) is 0 Å². The van der Waals surface area contributed by atoms with Crippen LogP contribution in [0.1, 0.15) is 23.7 Å². The molecular weight excluding hydrogens is 474 g/mol. The lowest BCUT2D eigenvalue weighted by Crippen LogP contribution is -2.43. The molecule has 1 N–H and O–H groups in total. The molecular formula is C22H20ClNO6S2. The average molecular weight is 494 g/mol. The Morgan fingerprint density at radius 3 is 2.28 bits per heavy atom. The molecule has 10 heteroatoms. The van der Waals surface area contributed by atoms with E-state index in [1.165, 1.54) is 23.6 Å². The normalized spacial score (nSPS) is 16.4. The fourth-order valence-electron chi connectivity index (χ4n) is 3.07. The number of hydrogen-bond donors (Lipinski definition) is 1. The number of carboxylic acids is 1. The van der Waals surface area contributed by atoms with Gasteiger partial charge in [-0.1, -0.05) is 23.4 Å². The zero-order chi connectivity index (χ0) is 23.3. The summed E-state index contributed by atoms with van der Waals surface area (Å²) in [5.41, 5.74) is 0.325. The minimum atomic E-state index is -1.08. The SMILES string of the molecule is CC(=O)SC(CC(=O)N1CSC[C@H]1C(=O)O)C(=O)c1ccc(Oc2ccc(Cl)cc2)cc1. The number of carbonyl (C=O) groups is 4. The summed E-state index contributed by atoms with van der Waals surface area (Å²) in [6.07, 6.45) is -0.254. The van der Waals surface area contributed by atoms with Gasteiger partial charge in [0.15, 0.2) is 10.9 Å². The molecule has 1 fully saturated rings. The van der Waals surface area contributed by atoms with E-state index < -0.39 is 23.2 Å². The molecule has 1 saturated heterocycles. The van der Waals surface area contributed by atoms with Gasteiger partial charge in [0.2, 0.25) is 5.91 Å². The lowest BCUT2D eigenvalue weighted by molar-refractivity contribution is -0.147. The van der Waals surface area contributed by atoms with E-state index in [-0.39, 0.29) is 23.2 Å². The van der Waals surface area contributed by atoms with Crippen LogP contribution in [0.5, 0.6) is 11.5 Å². The summed E-state index contributed by atoms with van der Waals surface area (Å²) in [4.78, 5) is 50.1. The predicted molar refractivity (Wildman–Crippen MR) is 125 cm³/mol. The van der Waals surface area contributed by atoms with Crippen LogP contribution in [-0.2, 0) is 14.4 Å². The standard InChI is InChI=1S/C22H20ClNO6S2/c1-13(25)32-19(10-20(26)24-12-31-11-18(24)22(28)29)21(27)14-2-6-16(7-3-14)30-17-8-4-15(23)5-9-17/h2-9,18-19H,10-12H2,1H3,(H,28,29)/t18-,19?/m0/s1. The third-order valence-electron chi connectivity index (χ3n) is 4.64. The first-order valence-corrected chi connectivity index (χ1v) is 12.0. The van der Waals surface area contributed by atoms with Crippen molar-refractivity contribution in [1.29, 1.82) is 0 Å². The summed E-state index contributed by atoms with van der Waals surface area (Å²) in [6.45, 7) is 1.32. The van der Waals surface area contributed by atoms with Gasteiger partial charge in [0.1, 0.15) is 17.5 Å². The molecule has 3 rings (SSSR count). The summed E-state index contributed by atoms with van der Waals surface area (Å²) < 4.78 is 5.71. The molecule has 0 spiro atoms. The van der Waals surface area contributed by atoms with Crippen molar-refractivity contribution in [3.05, 3.63) is 59.1 Å². The smallest absolute Gasteiger partial charge is 0.327 e. The number of rotatable bonds is 8. The topological polar surface area (TPSA) is 101 Å². The van der Waals surface area contributed by atoms with E-state index in [1.807, 2.05) is 0 Å². The van der Waals surface area contributed by atoms with Crippen molar-refractivity contribution in [2.45, 2.75) is 24.6 Å². The van der Waals surface area contributed by atoms with Gasteiger partial charge in [-0.05, 0) is 48.5 Å². The van der Waals surface area contributed by atoms with Crippen LogP contribution in [-0.4, -0.2) is 55.7 Å². The molecule has 1 aliphatic heterocycles. The van der Waals surface area contributed by atoms with Gasteiger partial charge in [-0.3, -0.25) is 14.4 Å². The highest BCUT2D eigenvalue weighted by Gasteiger charge is 2.36. The van der Waals surface area contributed by atoms with Gasteiger partial charge in [-0.25, -0.2) is 4.79 Å². The number of hydrogen-bond acceptors (Lipinski definition) is 7. The van der Waals surface area contributed by atoms with Crippen molar-refractivity contribution in [3.8, 4) is 11.5 Å². The molecule has 0 aromatic heterocycles. The minimum Gasteiger partial charge on any atom is -0.480 e. The van der Waals surface area contributed by atoms with Crippen LogP contribution in [0, 0.1) is 0 Å². The highest BCUT2D eigenvalue weighted by atomic mass is 35.5. The van der Waals surface area contributed by atoms with E-state index in [9.17, 15) is 24.3 Å². The zero-order valence-electron chi connectivity index (χ0n) is 17.0. The number of benzene rings is 2. The number of aliphatic carboxylic acids is 1. The number of carbonyl (C=O) groups excluding carboxylic acids is 3. The quantitative estimate of drug-likeness (QED) is 0.542. The molecule has 0 aliphatic carbocycles. The Hall–Kier alpha value is -2.49. The van der Waals surface area contributed by atoms with Crippen LogP contribution in [0.15, 0.2) is 48.5 Å². The highest BCUT2D eigenvalue weighted by molar-refractivity contribution is 8.14. The monoisotopic (exact) mass is 493 g/mol. The van der Waals surface area contributed by atoms with Crippen molar-refractivity contribution >= 4 is 57.9 Å².